The molecule has 1 aromatic carbocycles. The molecule has 9 heteroatoms. The lowest BCUT2D eigenvalue weighted by atomic mass is 9.85. The van der Waals surface area contributed by atoms with E-state index in [1.165, 1.54) is 17.4 Å². The summed E-state index contributed by atoms with van der Waals surface area (Å²) >= 11 is 1.51. The largest absolute Gasteiger partial charge is 0.396 e. The molecular formula is C21H26N4O3S2. The predicted molar refractivity (Wildman–Crippen MR) is 120 cm³/mol. The van der Waals surface area contributed by atoms with E-state index in [0.717, 1.165) is 38.6 Å². The summed E-state index contributed by atoms with van der Waals surface area (Å²) in [4.78, 5) is 9.55. The van der Waals surface area contributed by atoms with Crippen molar-refractivity contribution in [3.8, 4) is 21.6 Å². The molecule has 0 aliphatic carbocycles. The maximum atomic E-state index is 11.9. The van der Waals surface area contributed by atoms with E-state index in [9.17, 15) is 13.5 Å². The highest BCUT2D eigenvalue weighted by Crippen LogP contribution is 2.35. The van der Waals surface area contributed by atoms with Crippen LogP contribution in [0.3, 0.4) is 0 Å². The zero-order chi connectivity index (χ0) is 22.1. The van der Waals surface area contributed by atoms with Crippen LogP contribution in [0.15, 0.2) is 41.6 Å². The van der Waals surface area contributed by atoms with Gasteiger partial charge in [-0.25, -0.2) is 23.5 Å². The van der Waals surface area contributed by atoms with Gasteiger partial charge < -0.3 is 10.8 Å². The summed E-state index contributed by atoms with van der Waals surface area (Å²) in [5.41, 5.74) is 9.02. The van der Waals surface area contributed by atoms with Gasteiger partial charge in [-0.05, 0) is 54.5 Å². The molecule has 2 aromatic heterocycles. The highest BCUT2D eigenvalue weighted by molar-refractivity contribution is 7.89. The third kappa shape index (κ3) is 5.04. The van der Waals surface area contributed by atoms with Gasteiger partial charge in [0.1, 0.15) is 5.82 Å². The molecule has 0 unspecified atom stereocenters. The van der Waals surface area contributed by atoms with Crippen molar-refractivity contribution in [1.82, 2.24) is 9.97 Å². The molecule has 3 aromatic rings. The van der Waals surface area contributed by atoms with Crippen molar-refractivity contribution < 1.29 is 13.5 Å². The van der Waals surface area contributed by atoms with E-state index in [1.807, 2.05) is 26.8 Å². The first-order valence-corrected chi connectivity index (χ1v) is 11.8. The maximum absolute atomic E-state index is 11.9. The number of aromatic nitrogens is 2. The second-order valence-corrected chi connectivity index (χ2v) is 10.9. The molecule has 0 aliphatic rings. The summed E-state index contributed by atoms with van der Waals surface area (Å²) < 4.78 is 23.9. The van der Waals surface area contributed by atoms with E-state index in [-0.39, 0.29) is 16.9 Å². The third-order valence-corrected chi connectivity index (χ3v) is 6.88. The molecule has 0 bridgehead atoms. The minimum Gasteiger partial charge on any atom is -0.396 e. The number of thiazole rings is 1. The van der Waals surface area contributed by atoms with Crippen LogP contribution in [0.1, 0.15) is 30.8 Å². The van der Waals surface area contributed by atoms with Gasteiger partial charge in [0.2, 0.25) is 10.0 Å². The highest BCUT2D eigenvalue weighted by Gasteiger charge is 2.20. The van der Waals surface area contributed by atoms with E-state index >= 15 is 0 Å². The SMILES string of the molecule is Cc1ncc(-c2cc(-c3cc(S(N)(=O)=O)ccc3CCC(C)(C)CO)cnc2N)s1. The highest BCUT2D eigenvalue weighted by atomic mass is 32.2. The number of benzene rings is 1. The molecule has 3 rings (SSSR count). The first kappa shape index (κ1) is 22.4. The Labute approximate surface area is 180 Å². The van der Waals surface area contributed by atoms with Crippen molar-refractivity contribution >= 4 is 27.2 Å². The number of sulfonamides is 1. The minimum atomic E-state index is -3.86. The molecule has 0 spiro atoms. The van der Waals surface area contributed by atoms with Gasteiger partial charge in [0.15, 0.2) is 0 Å². The molecular weight excluding hydrogens is 420 g/mol. The van der Waals surface area contributed by atoms with Crippen LogP contribution in [-0.4, -0.2) is 30.1 Å². The fourth-order valence-electron chi connectivity index (χ4n) is 3.08. The first-order valence-electron chi connectivity index (χ1n) is 9.45. The number of rotatable bonds is 7. The van der Waals surface area contributed by atoms with Gasteiger partial charge >= 0.3 is 0 Å². The Balaban J connectivity index is 2.12. The number of aliphatic hydroxyl groups is 1. The van der Waals surface area contributed by atoms with Crippen LogP contribution in [0.5, 0.6) is 0 Å². The Morgan fingerprint density at radius 1 is 1.13 bits per heavy atom. The second-order valence-electron chi connectivity index (χ2n) is 8.09. The Hall–Kier alpha value is -2.33. The Morgan fingerprint density at radius 3 is 2.47 bits per heavy atom. The summed E-state index contributed by atoms with van der Waals surface area (Å²) in [6, 6.07) is 6.76. The van der Waals surface area contributed by atoms with Crippen LogP contribution >= 0.6 is 11.3 Å². The van der Waals surface area contributed by atoms with E-state index in [2.05, 4.69) is 9.97 Å². The number of hydrogen-bond donors (Lipinski definition) is 3. The van der Waals surface area contributed by atoms with Crippen LogP contribution in [0.25, 0.3) is 21.6 Å². The summed E-state index contributed by atoms with van der Waals surface area (Å²) in [5, 5.41) is 15.9. The molecule has 5 N–H and O–H groups in total. The quantitative estimate of drug-likeness (QED) is 0.510. The number of nitrogen functional groups attached to an aromatic ring is 1. The molecule has 0 saturated carbocycles. The van der Waals surface area contributed by atoms with Crippen LogP contribution in [0.2, 0.25) is 0 Å². The van der Waals surface area contributed by atoms with E-state index < -0.39 is 10.0 Å². The smallest absolute Gasteiger partial charge is 0.238 e. The number of hydrogen-bond acceptors (Lipinski definition) is 7. The standard InChI is InChI=1S/C21H26N4O3S2/c1-13-24-11-19(29-13)18-8-15(10-25-20(18)22)17-9-16(30(23,27)28)5-4-14(17)6-7-21(2,3)12-26/h4-5,8-11,26H,6-7,12H2,1-3H3,(H2,22,25)(H2,23,27,28). The van der Waals surface area contributed by atoms with Gasteiger partial charge in [0, 0.05) is 30.1 Å². The van der Waals surface area contributed by atoms with Crippen molar-refractivity contribution in [2.24, 2.45) is 10.6 Å². The Kier molecular flexibility index (Phi) is 6.28. The molecule has 0 amide bonds. The number of nitrogens with zero attached hydrogens (tertiary/aromatic N) is 2. The van der Waals surface area contributed by atoms with E-state index in [4.69, 9.17) is 10.9 Å². The van der Waals surface area contributed by atoms with Crippen molar-refractivity contribution in [2.75, 3.05) is 12.3 Å². The summed E-state index contributed by atoms with van der Waals surface area (Å²) in [6.45, 7) is 5.95. The average Bonchev–Trinajstić information content (AvgIpc) is 3.12. The lowest BCUT2D eigenvalue weighted by molar-refractivity contribution is 0.151. The molecule has 160 valence electrons. The van der Waals surface area contributed by atoms with Crippen LogP contribution < -0.4 is 10.9 Å². The lowest BCUT2D eigenvalue weighted by Crippen LogP contribution is -2.18. The predicted octanol–water partition coefficient (Wildman–Crippen LogP) is 3.36. The van der Waals surface area contributed by atoms with Crippen LogP contribution in [-0.2, 0) is 16.4 Å². The monoisotopic (exact) mass is 446 g/mol. The van der Waals surface area contributed by atoms with Crippen molar-refractivity contribution in [3.05, 3.63) is 47.2 Å². The molecule has 7 nitrogen and oxygen atoms in total. The van der Waals surface area contributed by atoms with Crippen molar-refractivity contribution in [2.45, 2.75) is 38.5 Å². The van der Waals surface area contributed by atoms with Crippen molar-refractivity contribution in [1.29, 1.82) is 0 Å². The fraction of sp³-hybridized carbons (Fsp3) is 0.333. The molecule has 0 saturated heterocycles. The van der Waals surface area contributed by atoms with Crippen LogP contribution in [0, 0.1) is 12.3 Å². The van der Waals surface area contributed by atoms with E-state index in [1.54, 1.807) is 24.5 Å². The molecule has 0 aliphatic heterocycles. The fourth-order valence-corrected chi connectivity index (χ4v) is 4.42. The number of nitrogens with two attached hydrogens (primary N) is 2. The lowest BCUT2D eigenvalue weighted by Gasteiger charge is -2.22. The second kappa shape index (κ2) is 8.43. The Morgan fingerprint density at radius 2 is 1.87 bits per heavy atom. The number of aliphatic hydroxyl groups excluding tert-OH is 1. The van der Waals surface area contributed by atoms with Gasteiger partial charge in [-0.3, -0.25) is 0 Å². The normalized spacial score (nSPS) is 12.3. The molecule has 0 radical (unpaired) electrons. The first-order chi connectivity index (χ1) is 14.0. The minimum absolute atomic E-state index is 0.0367. The number of pyridine rings is 1. The summed E-state index contributed by atoms with van der Waals surface area (Å²) in [5.74, 6) is 0.382. The third-order valence-electron chi connectivity index (χ3n) is 5.03. The number of primary sulfonamides is 1. The molecule has 0 fully saturated rings. The zero-order valence-corrected chi connectivity index (χ0v) is 18.8. The topological polar surface area (TPSA) is 132 Å². The van der Waals surface area contributed by atoms with Gasteiger partial charge in [-0.1, -0.05) is 19.9 Å². The Bertz CT molecular complexity index is 1170. The summed E-state index contributed by atoms with van der Waals surface area (Å²) in [7, 11) is -3.86. The number of anilines is 1. The number of aryl methyl sites for hydroxylation is 2. The van der Waals surface area contributed by atoms with Gasteiger partial charge in [0.05, 0.1) is 14.8 Å². The molecule has 2 heterocycles. The molecule has 0 atom stereocenters. The summed E-state index contributed by atoms with van der Waals surface area (Å²) in [6.07, 6.45) is 4.78. The van der Waals surface area contributed by atoms with Crippen molar-refractivity contribution in [3.63, 3.8) is 0 Å². The molecule has 30 heavy (non-hydrogen) atoms. The van der Waals surface area contributed by atoms with Crippen LogP contribution in [0.4, 0.5) is 5.82 Å². The average molecular weight is 447 g/mol. The zero-order valence-electron chi connectivity index (χ0n) is 17.2. The van der Waals surface area contributed by atoms with Gasteiger partial charge in [-0.15, -0.1) is 11.3 Å². The van der Waals surface area contributed by atoms with Gasteiger partial charge in [0.25, 0.3) is 0 Å². The van der Waals surface area contributed by atoms with Gasteiger partial charge in [-0.2, -0.15) is 0 Å². The van der Waals surface area contributed by atoms with E-state index in [0.29, 0.717) is 12.2 Å². The maximum Gasteiger partial charge on any atom is 0.238 e.